The van der Waals surface area contributed by atoms with Gasteiger partial charge in [-0.15, -0.1) is 5.54 Å². The fourth-order valence-electron chi connectivity index (χ4n) is 1.46. The summed E-state index contributed by atoms with van der Waals surface area (Å²) in [6, 6.07) is 8.17. The highest BCUT2D eigenvalue weighted by atomic mass is 28.3. The number of nitrogens with zero attached hydrogens (tertiary/aromatic N) is 2. The van der Waals surface area contributed by atoms with Crippen LogP contribution in [-0.2, 0) is 0 Å². The van der Waals surface area contributed by atoms with Gasteiger partial charge in [0.05, 0.1) is 12.0 Å². The average molecular weight is 240 g/mol. The van der Waals surface area contributed by atoms with E-state index in [1.54, 1.807) is 12.5 Å². The second-order valence-corrected chi connectivity index (χ2v) is 9.74. The molecule has 0 bridgehead atoms. The smallest absolute Gasteiger partial charge is 0.129 e. The van der Waals surface area contributed by atoms with Crippen LogP contribution < -0.4 is 0 Å². The largest absolute Gasteiger partial charge is 0.305 e. The number of imidazole rings is 1. The van der Waals surface area contributed by atoms with E-state index in [2.05, 4.69) is 48.2 Å². The molecule has 0 saturated heterocycles. The van der Waals surface area contributed by atoms with Crippen molar-refractivity contribution < 1.29 is 0 Å². The van der Waals surface area contributed by atoms with Crippen LogP contribution in [0.15, 0.2) is 43.0 Å². The monoisotopic (exact) mass is 240 g/mol. The van der Waals surface area contributed by atoms with Crippen LogP contribution in [0.4, 0.5) is 0 Å². The highest BCUT2D eigenvalue weighted by molar-refractivity contribution is 6.83. The Labute approximate surface area is 103 Å². The maximum absolute atomic E-state index is 4.07. The summed E-state index contributed by atoms with van der Waals surface area (Å²) in [5.41, 5.74) is 5.55. The topological polar surface area (TPSA) is 17.8 Å². The Morgan fingerprint density at radius 2 is 1.94 bits per heavy atom. The maximum atomic E-state index is 4.07. The number of benzene rings is 1. The van der Waals surface area contributed by atoms with Gasteiger partial charge in [0, 0.05) is 18.0 Å². The SMILES string of the molecule is C[Si](C)(C)C#Cc1ccccc1-n1ccnc1. The molecule has 0 aliphatic rings. The van der Waals surface area contributed by atoms with E-state index in [-0.39, 0.29) is 0 Å². The summed E-state index contributed by atoms with van der Waals surface area (Å²) in [6.07, 6.45) is 5.52. The molecule has 1 heterocycles. The molecule has 2 nitrogen and oxygen atoms in total. The highest BCUT2D eigenvalue weighted by Crippen LogP contribution is 2.13. The van der Waals surface area contributed by atoms with Gasteiger partial charge in [0.25, 0.3) is 0 Å². The van der Waals surface area contributed by atoms with Gasteiger partial charge in [0.15, 0.2) is 0 Å². The first kappa shape index (κ1) is 11.7. The van der Waals surface area contributed by atoms with Gasteiger partial charge in [0.1, 0.15) is 8.07 Å². The number of rotatable bonds is 1. The lowest BCUT2D eigenvalue weighted by atomic mass is 10.2. The van der Waals surface area contributed by atoms with E-state index in [9.17, 15) is 0 Å². The van der Waals surface area contributed by atoms with E-state index in [4.69, 9.17) is 0 Å². The van der Waals surface area contributed by atoms with Crippen molar-refractivity contribution in [2.24, 2.45) is 0 Å². The van der Waals surface area contributed by atoms with Crippen LogP contribution in [0.5, 0.6) is 0 Å². The van der Waals surface area contributed by atoms with Gasteiger partial charge >= 0.3 is 0 Å². The fourth-order valence-corrected chi connectivity index (χ4v) is 1.97. The molecule has 0 fully saturated rings. The minimum absolute atomic E-state index is 1.06. The van der Waals surface area contributed by atoms with Crippen LogP contribution in [0.25, 0.3) is 5.69 Å². The fraction of sp³-hybridized carbons (Fsp3) is 0.214. The molecule has 0 N–H and O–H groups in total. The molecule has 1 aromatic heterocycles. The Morgan fingerprint density at radius 1 is 1.18 bits per heavy atom. The highest BCUT2D eigenvalue weighted by Gasteiger charge is 2.08. The standard InChI is InChI=1S/C14H16N2Si/c1-17(2,3)11-8-13-6-4-5-7-14(13)16-10-9-15-12-16/h4-7,9-10,12H,1-3H3. The quantitative estimate of drug-likeness (QED) is 0.553. The summed E-state index contributed by atoms with van der Waals surface area (Å²) in [5.74, 6) is 3.30. The lowest BCUT2D eigenvalue weighted by Crippen LogP contribution is -2.16. The first-order valence-electron chi connectivity index (χ1n) is 5.67. The van der Waals surface area contributed by atoms with E-state index in [0.29, 0.717) is 0 Å². The van der Waals surface area contributed by atoms with E-state index in [1.165, 1.54) is 0 Å². The minimum atomic E-state index is -1.33. The third-order valence-corrected chi connectivity index (χ3v) is 3.13. The van der Waals surface area contributed by atoms with Crippen molar-refractivity contribution >= 4 is 8.07 Å². The number of aromatic nitrogens is 2. The second kappa shape index (κ2) is 4.60. The van der Waals surface area contributed by atoms with Crippen molar-refractivity contribution in [2.75, 3.05) is 0 Å². The van der Waals surface area contributed by atoms with Crippen molar-refractivity contribution in [2.45, 2.75) is 19.6 Å². The van der Waals surface area contributed by atoms with Crippen molar-refractivity contribution in [3.63, 3.8) is 0 Å². The van der Waals surface area contributed by atoms with Gasteiger partial charge in [-0.3, -0.25) is 0 Å². The lowest BCUT2D eigenvalue weighted by molar-refractivity contribution is 1.05. The molecule has 17 heavy (non-hydrogen) atoms. The molecule has 86 valence electrons. The van der Waals surface area contributed by atoms with Crippen LogP contribution in [0, 0.1) is 11.5 Å². The molecule has 0 spiro atoms. The van der Waals surface area contributed by atoms with E-state index in [1.807, 2.05) is 22.9 Å². The molecule has 0 aliphatic carbocycles. The van der Waals surface area contributed by atoms with Gasteiger partial charge in [-0.05, 0) is 12.1 Å². The van der Waals surface area contributed by atoms with Crippen molar-refractivity contribution in [3.05, 3.63) is 48.5 Å². The van der Waals surface area contributed by atoms with Crippen LogP contribution in [-0.4, -0.2) is 17.6 Å². The molecule has 0 aliphatic heterocycles. The summed E-state index contributed by atoms with van der Waals surface area (Å²) < 4.78 is 1.99. The van der Waals surface area contributed by atoms with Crippen molar-refractivity contribution in [3.8, 4) is 17.2 Å². The number of hydrogen-bond donors (Lipinski definition) is 0. The molecule has 2 aromatic rings. The molecule has 0 atom stereocenters. The van der Waals surface area contributed by atoms with Crippen LogP contribution in [0.1, 0.15) is 5.56 Å². The summed E-state index contributed by atoms with van der Waals surface area (Å²) in [6.45, 7) is 6.75. The zero-order chi connectivity index (χ0) is 12.3. The molecule has 0 saturated carbocycles. The van der Waals surface area contributed by atoms with Crippen LogP contribution in [0.3, 0.4) is 0 Å². The van der Waals surface area contributed by atoms with E-state index >= 15 is 0 Å². The molecule has 1 aromatic carbocycles. The summed E-state index contributed by atoms with van der Waals surface area (Å²) in [7, 11) is -1.33. The minimum Gasteiger partial charge on any atom is -0.305 e. The van der Waals surface area contributed by atoms with Crippen LogP contribution in [0.2, 0.25) is 19.6 Å². The van der Waals surface area contributed by atoms with Gasteiger partial charge in [-0.1, -0.05) is 37.7 Å². The molecule has 0 radical (unpaired) electrons. The Bertz CT molecular complexity index is 554. The summed E-state index contributed by atoms with van der Waals surface area (Å²) >= 11 is 0. The van der Waals surface area contributed by atoms with Gasteiger partial charge in [-0.25, -0.2) is 4.98 Å². The third kappa shape index (κ3) is 3.08. The molecule has 0 unspecified atom stereocenters. The summed E-state index contributed by atoms with van der Waals surface area (Å²) in [5, 5.41) is 0. The van der Waals surface area contributed by atoms with Crippen molar-refractivity contribution in [1.29, 1.82) is 0 Å². The zero-order valence-corrected chi connectivity index (χ0v) is 11.4. The van der Waals surface area contributed by atoms with Crippen molar-refractivity contribution in [1.82, 2.24) is 9.55 Å². The Balaban J connectivity index is 2.45. The summed E-state index contributed by atoms with van der Waals surface area (Å²) in [4.78, 5) is 4.07. The predicted molar refractivity (Wildman–Crippen MR) is 73.8 cm³/mol. The van der Waals surface area contributed by atoms with Gasteiger partial charge in [-0.2, -0.15) is 0 Å². The Morgan fingerprint density at radius 3 is 2.59 bits per heavy atom. The third-order valence-electron chi connectivity index (χ3n) is 2.26. The van der Waals surface area contributed by atoms with Gasteiger partial charge < -0.3 is 4.57 Å². The van der Waals surface area contributed by atoms with E-state index in [0.717, 1.165) is 11.3 Å². The average Bonchev–Trinajstić information content (AvgIpc) is 2.79. The first-order valence-corrected chi connectivity index (χ1v) is 9.17. The normalized spacial score (nSPS) is 10.8. The molecule has 0 amide bonds. The van der Waals surface area contributed by atoms with E-state index < -0.39 is 8.07 Å². The maximum Gasteiger partial charge on any atom is 0.129 e. The van der Waals surface area contributed by atoms with Crippen LogP contribution >= 0.6 is 0 Å². The molecule has 2 rings (SSSR count). The number of hydrogen-bond acceptors (Lipinski definition) is 1. The van der Waals surface area contributed by atoms with Gasteiger partial charge in [0.2, 0.25) is 0 Å². The zero-order valence-electron chi connectivity index (χ0n) is 10.4. The first-order chi connectivity index (χ1) is 8.06. The molecular weight excluding hydrogens is 224 g/mol. The predicted octanol–water partition coefficient (Wildman–Crippen LogP) is 3.10. The Hall–Kier alpha value is -1.79. The molecule has 3 heteroatoms. The Kier molecular flexibility index (Phi) is 3.16. The lowest BCUT2D eigenvalue weighted by Gasteiger charge is -2.07. The number of para-hydroxylation sites is 1. The molecular formula is C14H16N2Si. The second-order valence-electron chi connectivity index (χ2n) is 4.99.